The number of benzene rings is 1. The summed E-state index contributed by atoms with van der Waals surface area (Å²) in [5, 5.41) is 0. The molecule has 100 valence electrons. The van der Waals surface area contributed by atoms with Gasteiger partial charge in [-0.05, 0) is 59.3 Å². The third kappa shape index (κ3) is 2.61. The van der Waals surface area contributed by atoms with Crippen LogP contribution in [0, 0.1) is 17.3 Å². The van der Waals surface area contributed by atoms with E-state index in [9.17, 15) is 0 Å². The van der Waals surface area contributed by atoms with Gasteiger partial charge in [0.25, 0.3) is 0 Å². The van der Waals surface area contributed by atoms with Gasteiger partial charge in [-0.1, -0.05) is 40.7 Å². The molecule has 18 heavy (non-hydrogen) atoms. The largest absolute Gasteiger partial charge is 0.143 e. The van der Waals surface area contributed by atoms with Crippen LogP contribution in [0.15, 0.2) is 23.1 Å². The highest BCUT2D eigenvalue weighted by atomic mass is 32.1. The molecule has 0 heterocycles. The van der Waals surface area contributed by atoms with Crippen molar-refractivity contribution < 1.29 is 0 Å². The normalized spacial score (nSPS) is 24.2. The number of aryl methyl sites for hydroxylation is 1. The van der Waals surface area contributed by atoms with Crippen LogP contribution in [0.4, 0.5) is 0 Å². The zero-order valence-corrected chi connectivity index (χ0v) is 13.2. The molecule has 0 aliphatic heterocycles. The van der Waals surface area contributed by atoms with Crippen LogP contribution >= 0.6 is 12.6 Å². The summed E-state index contributed by atoms with van der Waals surface area (Å²) in [6, 6.07) is 6.75. The molecule has 1 aliphatic rings. The molecular formula is C17H26S. The molecule has 0 saturated carbocycles. The van der Waals surface area contributed by atoms with Crippen molar-refractivity contribution in [2.24, 2.45) is 17.3 Å². The second kappa shape index (κ2) is 4.92. The van der Waals surface area contributed by atoms with Crippen LogP contribution in [0.25, 0.3) is 0 Å². The van der Waals surface area contributed by atoms with Gasteiger partial charge in [-0.3, -0.25) is 0 Å². The number of rotatable bonds is 1. The molecular weight excluding hydrogens is 236 g/mol. The second-order valence-corrected chi connectivity index (χ2v) is 7.69. The molecule has 0 saturated heterocycles. The molecule has 0 aromatic heterocycles. The van der Waals surface area contributed by atoms with Crippen LogP contribution < -0.4 is 0 Å². The van der Waals surface area contributed by atoms with E-state index in [1.165, 1.54) is 18.4 Å². The Kier molecular flexibility index (Phi) is 3.82. The lowest BCUT2D eigenvalue weighted by Crippen LogP contribution is -2.33. The van der Waals surface area contributed by atoms with E-state index in [4.69, 9.17) is 0 Å². The summed E-state index contributed by atoms with van der Waals surface area (Å²) < 4.78 is 0. The maximum atomic E-state index is 4.48. The molecule has 1 aromatic carbocycles. The molecule has 1 aliphatic carbocycles. The van der Waals surface area contributed by atoms with Crippen molar-refractivity contribution in [2.75, 3.05) is 0 Å². The summed E-state index contributed by atoms with van der Waals surface area (Å²) in [6.07, 6.45) is 2.54. The van der Waals surface area contributed by atoms with Gasteiger partial charge in [-0.25, -0.2) is 0 Å². The Morgan fingerprint density at radius 1 is 1.22 bits per heavy atom. The quantitative estimate of drug-likeness (QED) is 0.650. The summed E-state index contributed by atoms with van der Waals surface area (Å²) in [6.45, 7) is 11.9. The second-order valence-electron chi connectivity index (χ2n) is 7.17. The maximum absolute atomic E-state index is 4.48. The van der Waals surface area contributed by atoms with E-state index >= 15 is 0 Å². The van der Waals surface area contributed by atoms with Crippen LogP contribution in [0.5, 0.6) is 0 Å². The Bertz CT molecular complexity index is 426. The Morgan fingerprint density at radius 3 is 2.44 bits per heavy atom. The lowest BCUT2D eigenvalue weighted by Gasteiger charge is -2.44. The summed E-state index contributed by atoms with van der Waals surface area (Å²) in [5.41, 5.74) is 3.44. The summed E-state index contributed by atoms with van der Waals surface area (Å²) in [7, 11) is 0. The average Bonchev–Trinajstić information content (AvgIpc) is 2.25. The van der Waals surface area contributed by atoms with Gasteiger partial charge in [-0.2, -0.15) is 0 Å². The van der Waals surface area contributed by atoms with Crippen LogP contribution in [0.2, 0.25) is 0 Å². The monoisotopic (exact) mass is 262 g/mol. The number of thiol groups is 1. The molecule has 0 nitrogen and oxygen atoms in total. The minimum Gasteiger partial charge on any atom is -0.143 e. The smallest absolute Gasteiger partial charge is 0.00429 e. The average molecular weight is 262 g/mol. The first-order valence-corrected chi connectivity index (χ1v) is 7.57. The lowest BCUT2D eigenvalue weighted by atomic mass is 9.61. The van der Waals surface area contributed by atoms with Gasteiger partial charge in [-0.15, -0.1) is 12.6 Å². The van der Waals surface area contributed by atoms with E-state index in [2.05, 4.69) is 65.4 Å². The summed E-state index contributed by atoms with van der Waals surface area (Å²) >= 11 is 4.48. The number of fused-ring (bicyclic) bond motifs is 1. The standard InChI is InChI=1S/C17H26S/c1-11(2)14-8-6-12-10-13(18)7-9-15(12)16(14)17(3,4)5/h7,9-11,14,16,18H,6,8H2,1-5H3. The first-order chi connectivity index (χ1) is 8.30. The lowest BCUT2D eigenvalue weighted by molar-refractivity contribution is 0.170. The van der Waals surface area contributed by atoms with Crippen molar-refractivity contribution in [2.45, 2.75) is 58.3 Å². The predicted octanol–water partition coefficient (Wildman–Crippen LogP) is 5.32. The van der Waals surface area contributed by atoms with Crippen molar-refractivity contribution in [3.63, 3.8) is 0 Å². The van der Waals surface area contributed by atoms with Crippen molar-refractivity contribution >= 4 is 12.6 Å². The van der Waals surface area contributed by atoms with E-state index in [0.717, 1.165) is 16.7 Å². The molecule has 2 unspecified atom stereocenters. The Hall–Kier alpha value is -0.430. The summed E-state index contributed by atoms with van der Waals surface area (Å²) in [4.78, 5) is 1.10. The minimum atomic E-state index is 0.336. The van der Waals surface area contributed by atoms with Gasteiger partial charge in [0.05, 0.1) is 0 Å². The molecule has 2 atom stereocenters. The Labute approximate surface area is 118 Å². The maximum Gasteiger partial charge on any atom is 0.00429 e. The van der Waals surface area contributed by atoms with Crippen LogP contribution in [0.3, 0.4) is 0 Å². The van der Waals surface area contributed by atoms with Crippen LogP contribution in [-0.2, 0) is 6.42 Å². The fourth-order valence-corrected chi connectivity index (χ4v) is 3.89. The van der Waals surface area contributed by atoms with Gasteiger partial charge in [0.2, 0.25) is 0 Å². The van der Waals surface area contributed by atoms with E-state index in [0.29, 0.717) is 11.3 Å². The topological polar surface area (TPSA) is 0 Å². The highest BCUT2D eigenvalue weighted by Crippen LogP contribution is 2.49. The highest BCUT2D eigenvalue weighted by Gasteiger charge is 2.38. The van der Waals surface area contributed by atoms with E-state index in [1.807, 2.05) is 0 Å². The van der Waals surface area contributed by atoms with Gasteiger partial charge in [0.15, 0.2) is 0 Å². The molecule has 0 fully saturated rings. The van der Waals surface area contributed by atoms with E-state index < -0.39 is 0 Å². The Morgan fingerprint density at radius 2 is 1.89 bits per heavy atom. The molecule has 0 N–H and O–H groups in total. The van der Waals surface area contributed by atoms with Crippen molar-refractivity contribution in [1.82, 2.24) is 0 Å². The fraction of sp³-hybridized carbons (Fsp3) is 0.647. The molecule has 1 aromatic rings. The highest BCUT2D eigenvalue weighted by molar-refractivity contribution is 7.80. The SMILES string of the molecule is CC(C)C1CCc2cc(S)ccc2C1C(C)(C)C. The minimum absolute atomic E-state index is 0.336. The predicted molar refractivity (Wildman–Crippen MR) is 82.5 cm³/mol. The van der Waals surface area contributed by atoms with Crippen LogP contribution in [0.1, 0.15) is 58.1 Å². The third-order valence-electron chi connectivity index (χ3n) is 4.43. The number of hydrogen-bond donors (Lipinski definition) is 1. The molecule has 2 rings (SSSR count). The third-order valence-corrected chi connectivity index (χ3v) is 4.70. The first kappa shape index (κ1) is 14.0. The zero-order valence-electron chi connectivity index (χ0n) is 12.3. The zero-order chi connectivity index (χ0) is 13.5. The van der Waals surface area contributed by atoms with Crippen molar-refractivity contribution in [3.05, 3.63) is 29.3 Å². The van der Waals surface area contributed by atoms with Gasteiger partial charge >= 0.3 is 0 Å². The first-order valence-electron chi connectivity index (χ1n) is 7.12. The van der Waals surface area contributed by atoms with E-state index in [1.54, 1.807) is 5.56 Å². The van der Waals surface area contributed by atoms with Gasteiger partial charge < -0.3 is 0 Å². The van der Waals surface area contributed by atoms with Gasteiger partial charge in [0.1, 0.15) is 0 Å². The molecule has 0 bridgehead atoms. The molecule has 0 spiro atoms. The van der Waals surface area contributed by atoms with Gasteiger partial charge in [0, 0.05) is 4.90 Å². The fourth-order valence-electron chi connectivity index (χ4n) is 3.66. The summed E-state index contributed by atoms with van der Waals surface area (Å²) in [5.74, 6) is 2.25. The molecule has 0 radical (unpaired) electrons. The number of hydrogen-bond acceptors (Lipinski definition) is 1. The van der Waals surface area contributed by atoms with E-state index in [-0.39, 0.29) is 0 Å². The molecule has 0 amide bonds. The van der Waals surface area contributed by atoms with Crippen molar-refractivity contribution in [1.29, 1.82) is 0 Å². The molecule has 1 heteroatoms. The Balaban J connectivity index is 2.49. The van der Waals surface area contributed by atoms with Crippen LogP contribution in [-0.4, -0.2) is 0 Å². The van der Waals surface area contributed by atoms with Crippen molar-refractivity contribution in [3.8, 4) is 0 Å².